The van der Waals surface area contributed by atoms with Gasteiger partial charge in [0.05, 0.1) is 6.04 Å². The van der Waals surface area contributed by atoms with Crippen molar-refractivity contribution in [2.75, 3.05) is 39.3 Å². The average Bonchev–Trinajstić information content (AvgIpc) is 2.73. The zero-order valence-electron chi connectivity index (χ0n) is 18.4. The van der Waals surface area contributed by atoms with Crippen LogP contribution < -0.4 is 10.1 Å². The first-order valence-electron chi connectivity index (χ1n) is 12.0. The standard InChI is InChI=1S/C25H37N3O2/c1-19(24(29)26-25-16-20-13-21(17-25)15-22(14-20)18-25)28-9-7-27(8-10-28)11-12-30-23-5-3-2-4-6-23/h2-6,19-22H,7-18H2,1H3,(H,26,29). The van der Waals surface area contributed by atoms with Crippen LogP contribution >= 0.6 is 0 Å². The number of piperazine rings is 1. The second-order valence-electron chi connectivity index (χ2n) is 10.4. The maximum atomic E-state index is 13.2. The third-order valence-electron chi connectivity index (χ3n) is 8.18. The van der Waals surface area contributed by atoms with Gasteiger partial charge in [0.15, 0.2) is 0 Å². The zero-order valence-corrected chi connectivity index (χ0v) is 18.4. The fraction of sp³-hybridized carbons (Fsp3) is 0.720. The van der Waals surface area contributed by atoms with Crippen LogP contribution in [0.1, 0.15) is 45.4 Å². The molecule has 5 nitrogen and oxygen atoms in total. The minimum Gasteiger partial charge on any atom is -0.492 e. The number of benzene rings is 1. The molecule has 6 rings (SSSR count). The summed E-state index contributed by atoms with van der Waals surface area (Å²) < 4.78 is 5.84. The molecular formula is C25H37N3O2. The molecule has 4 saturated carbocycles. The number of carbonyl (C=O) groups is 1. The lowest BCUT2D eigenvalue weighted by Crippen LogP contribution is -2.63. The van der Waals surface area contributed by atoms with Crippen molar-refractivity contribution in [3.8, 4) is 5.75 Å². The highest BCUT2D eigenvalue weighted by Gasteiger charge is 2.51. The Morgan fingerprint density at radius 3 is 2.23 bits per heavy atom. The number of rotatable bonds is 7. The van der Waals surface area contributed by atoms with E-state index < -0.39 is 0 Å². The van der Waals surface area contributed by atoms with Gasteiger partial charge in [-0.25, -0.2) is 0 Å². The quantitative estimate of drug-likeness (QED) is 0.749. The van der Waals surface area contributed by atoms with Crippen molar-refractivity contribution in [1.29, 1.82) is 0 Å². The molecule has 1 N–H and O–H groups in total. The van der Waals surface area contributed by atoms with E-state index in [1.54, 1.807) is 0 Å². The van der Waals surface area contributed by atoms with Crippen LogP contribution in [0.5, 0.6) is 5.75 Å². The van der Waals surface area contributed by atoms with Gasteiger partial charge in [-0.15, -0.1) is 0 Å². The molecule has 4 aliphatic carbocycles. The minimum atomic E-state index is -0.0271. The number of para-hydroxylation sites is 1. The molecule has 1 aromatic rings. The van der Waals surface area contributed by atoms with Gasteiger partial charge >= 0.3 is 0 Å². The van der Waals surface area contributed by atoms with E-state index in [4.69, 9.17) is 4.74 Å². The van der Waals surface area contributed by atoms with Gasteiger partial charge in [0.25, 0.3) is 0 Å². The summed E-state index contributed by atoms with van der Waals surface area (Å²) in [6.45, 7) is 7.69. The molecule has 1 aromatic carbocycles. The molecule has 5 aliphatic rings. The normalized spacial score (nSPS) is 34.6. The van der Waals surface area contributed by atoms with Crippen molar-refractivity contribution in [2.24, 2.45) is 17.8 Å². The predicted octanol–water partition coefficient (Wildman–Crippen LogP) is 3.16. The Morgan fingerprint density at radius 1 is 1.03 bits per heavy atom. The molecular weight excluding hydrogens is 374 g/mol. The van der Waals surface area contributed by atoms with Crippen molar-refractivity contribution < 1.29 is 9.53 Å². The predicted molar refractivity (Wildman–Crippen MR) is 118 cm³/mol. The monoisotopic (exact) mass is 411 g/mol. The highest BCUT2D eigenvalue weighted by molar-refractivity contribution is 5.82. The minimum absolute atomic E-state index is 0.0271. The molecule has 0 spiro atoms. The van der Waals surface area contributed by atoms with E-state index in [2.05, 4.69) is 22.0 Å². The fourth-order valence-electron chi connectivity index (χ4n) is 6.98. The van der Waals surface area contributed by atoms with Gasteiger partial charge in [-0.05, 0) is 75.3 Å². The van der Waals surface area contributed by atoms with Crippen molar-refractivity contribution in [3.05, 3.63) is 30.3 Å². The van der Waals surface area contributed by atoms with Crippen molar-refractivity contribution in [1.82, 2.24) is 15.1 Å². The summed E-state index contributed by atoms with van der Waals surface area (Å²) in [6.07, 6.45) is 7.94. The fourth-order valence-corrected chi connectivity index (χ4v) is 6.98. The number of nitrogens with zero attached hydrogens (tertiary/aromatic N) is 2. The Hall–Kier alpha value is -1.59. The molecule has 30 heavy (non-hydrogen) atoms. The van der Waals surface area contributed by atoms with Gasteiger partial charge in [0, 0.05) is 38.3 Å². The topological polar surface area (TPSA) is 44.8 Å². The number of amides is 1. The number of hydrogen-bond donors (Lipinski definition) is 1. The molecule has 1 unspecified atom stereocenters. The number of nitrogens with one attached hydrogen (secondary N) is 1. The molecule has 0 aromatic heterocycles. The molecule has 1 atom stereocenters. The lowest BCUT2D eigenvalue weighted by molar-refractivity contribution is -0.132. The Bertz CT molecular complexity index is 694. The largest absolute Gasteiger partial charge is 0.492 e. The Balaban J connectivity index is 1.07. The van der Waals surface area contributed by atoms with Gasteiger partial charge in [0.1, 0.15) is 12.4 Å². The summed E-state index contributed by atoms with van der Waals surface area (Å²) in [4.78, 5) is 18.0. The summed E-state index contributed by atoms with van der Waals surface area (Å²) in [5.41, 5.74) is 0.122. The van der Waals surface area contributed by atoms with Gasteiger partial charge < -0.3 is 10.1 Å². The van der Waals surface area contributed by atoms with Gasteiger partial charge in [-0.3, -0.25) is 14.6 Å². The summed E-state index contributed by atoms with van der Waals surface area (Å²) in [5, 5.41) is 3.57. The second-order valence-corrected chi connectivity index (χ2v) is 10.4. The van der Waals surface area contributed by atoms with Crippen LogP contribution in [0.4, 0.5) is 0 Å². The first-order valence-corrected chi connectivity index (χ1v) is 12.0. The maximum absolute atomic E-state index is 13.2. The van der Waals surface area contributed by atoms with Crippen molar-refractivity contribution >= 4 is 5.91 Å². The van der Waals surface area contributed by atoms with E-state index in [0.29, 0.717) is 6.61 Å². The Kier molecular flexibility index (Phi) is 5.76. The van der Waals surface area contributed by atoms with E-state index in [9.17, 15) is 4.79 Å². The summed E-state index contributed by atoms with van der Waals surface area (Å²) >= 11 is 0. The van der Waals surface area contributed by atoms with Crippen molar-refractivity contribution in [3.63, 3.8) is 0 Å². The number of ether oxygens (including phenoxy) is 1. The van der Waals surface area contributed by atoms with Crippen LogP contribution in [0.3, 0.4) is 0 Å². The van der Waals surface area contributed by atoms with E-state index >= 15 is 0 Å². The van der Waals surface area contributed by atoms with Gasteiger partial charge in [-0.2, -0.15) is 0 Å². The van der Waals surface area contributed by atoms with Crippen LogP contribution in [-0.4, -0.2) is 66.6 Å². The number of carbonyl (C=O) groups excluding carboxylic acids is 1. The van der Waals surface area contributed by atoms with E-state index in [1.165, 1.54) is 38.5 Å². The SMILES string of the molecule is CC(C(=O)NC12CC3CC(CC(C3)C1)C2)N1CCN(CCOc2ccccc2)CC1. The highest BCUT2D eigenvalue weighted by atomic mass is 16.5. The molecule has 164 valence electrons. The Labute approximate surface area is 181 Å². The lowest BCUT2D eigenvalue weighted by Gasteiger charge is -2.57. The maximum Gasteiger partial charge on any atom is 0.237 e. The van der Waals surface area contributed by atoms with Crippen LogP contribution in [0.15, 0.2) is 30.3 Å². The summed E-state index contributed by atoms with van der Waals surface area (Å²) in [7, 11) is 0. The third kappa shape index (κ3) is 4.38. The average molecular weight is 412 g/mol. The van der Waals surface area contributed by atoms with Crippen LogP contribution in [0.2, 0.25) is 0 Å². The molecule has 1 heterocycles. The smallest absolute Gasteiger partial charge is 0.237 e. The zero-order chi connectivity index (χ0) is 20.6. The Morgan fingerprint density at radius 2 is 1.63 bits per heavy atom. The molecule has 1 amide bonds. The van der Waals surface area contributed by atoms with Crippen molar-refractivity contribution in [2.45, 2.75) is 57.0 Å². The van der Waals surface area contributed by atoms with Crippen LogP contribution in [0, 0.1) is 17.8 Å². The summed E-state index contributed by atoms with van der Waals surface area (Å²) in [5.74, 6) is 3.81. The first kappa shape index (κ1) is 20.3. The molecule has 1 aliphatic heterocycles. The van der Waals surface area contributed by atoms with Crippen LogP contribution in [0.25, 0.3) is 0 Å². The second kappa shape index (κ2) is 8.51. The molecule has 4 bridgehead atoms. The third-order valence-corrected chi connectivity index (χ3v) is 8.18. The lowest BCUT2D eigenvalue weighted by atomic mass is 9.53. The van der Waals surface area contributed by atoms with E-state index in [0.717, 1.165) is 56.2 Å². The number of hydrogen-bond acceptors (Lipinski definition) is 4. The van der Waals surface area contributed by atoms with Gasteiger partial charge in [-0.1, -0.05) is 18.2 Å². The van der Waals surface area contributed by atoms with E-state index in [-0.39, 0.29) is 17.5 Å². The molecule has 5 heteroatoms. The molecule has 5 fully saturated rings. The van der Waals surface area contributed by atoms with E-state index in [1.807, 2.05) is 30.3 Å². The molecule has 0 radical (unpaired) electrons. The van der Waals surface area contributed by atoms with Crippen LogP contribution in [-0.2, 0) is 4.79 Å². The molecule has 1 saturated heterocycles. The highest BCUT2D eigenvalue weighted by Crippen LogP contribution is 2.55. The van der Waals surface area contributed by atoms with Gasteiger partial charge in [0.2, 0.25) is 5.91 Å². The summed E-state index contributed by atoms with van der Waals surface area (Å²) in [6, 6.07) is 9.99. The first-order chi connectivity index (χ1) is 14.6.